The predicted octanol–water partition coefficient (Wildman–Crippen LogP) is 5.22. The number of likely N-dealkylation sites (tertiary alicyclic amines) is 1. The Morgan fingerprint density at radius 1 is 1.03 bits per heavy atom. The second-order valence-corrected chi connectivity index (χ2v) is 8.38. The maximum atomic E-state index is 13.6. The van der Waals surface area contributed by atoms with Gasteiger partial charge in [-0.3, -0.25) is 9.59 Å². The lowest BCUT2D eigenvalue weighted by Gasteiger charge is -2.25. The van der Waals surface area contributed by atoms with Gasteiger partial charge < -0.3 is 14.7 Å². The molecule has 0 bridgehead atoms. The van der Waals surface area contributed by atoms with E-state index in [4.69, 9.17) is 4.74 Å². The molecule has 1 amide bonds. The highest BCUT2D eigenvalue weighted by molar-refractivity contribution is 6.46. The zero-order valence-electron chi connectivity index (χ0n) is 18.6. The molecule has 33 heavy (non-hydrogen) atoms. The van der Waals surface area contributed by atoms with Crippen LogP contribution < -0.4 is 0 Å². The fourth-order valence-electron chi connectivity index (χ4n) is 4.15. The molecule has 1 fully saturated rings. The number of aliphatic hydroxyl groups is 1. The van der Waals surface area contributed by atoms with Gasteiger partial charge in [0.2, 0.25) is 0 Å². The van der Waals surface area contributed by atoms with E-state index in [0.29, 0.717) is 24.2 Å². The molecule has 0 radical (unpaired) electrons. The summed E-state index contributed by atoms with van der Waals surface area (Å²) in [5.41, 5.74) is 1.01. The number of carbonyl (C=O) groups is 2. The van der Waals surface area contributed by atoms with Crippen LogP contribution in [0.15, 0.2) is 72.3 Å². The molecule has 1 atom stereocenters. The number of fused-ring (bicyclic) bond motifs is 1. The van der Waals surface area contributed by atoms with Crippen LogP contribution in [0.2, 0.25) is 0 Å². The molecule has 1 aliphatic rings. The van der Waals surface area contributed by atoms with Crippen molar-refractivity contribution < 1.29 is 23.8 Å². The summed E-state index contributed by atoms with van der Waals surface area (Å²) in [6, 6.07) is 17.9. The molecule has 0 spiro atoms. The van der Waals surface area contributed by atoms with Gasteiger partial charge in [-0.2, -0.15) is 0 Å². The molecule has 3 aromatic carbocycles. The largest absolute Gasteiger partial charge is 0.507 e. The number of nitrogens with zero attached hydrogens (tertiary/aromatic N) is 1. The Morgan fingerprint density at radius 2 is 1.73 bits per heavy atom. The molecule has 0 saturated carbocycles. The molecule has 5 nitrogen and oxygen atoms in total. The third-order valence-electron chi connectivity index (χ3n) is 5.74. The Bertz CT molecular complexity index is 1220. The molecule has 1 heterocycles. The molecule has 0 aromatic heterocycles. The number of rotatable bonds is 7. The van der Waals surface area contributed by atoms with Crippen molar-refractivity contribution in [3.63, 3.8) is 0 Å². The molecule has 1 saturated heterocycles. The third-order valence-corrected chi connectivity index (χ3v) is 5.74. The van der Waals surface area contributed by atoms with E-state index in [0.717, 1.165) is 10.8 Å². The van der Waals surface area contributed by atoms with Gasteiger partial charge in [0.25, 0.3) is 11.7 Å². The summed E-state index contributed by atoms with van der Waals surface area (Å²) >= 11 is 0. The lowest BCUT2D eigenvalue weighted by atomic mass is 9.94. The highest BCUT2D eigenvalue weighted by Gasteiger charge is 2.45. The lowest BCUT2D eigenvalue weighted by Crippen LogP contribution is -2.31. The minimum Gasteiger partial charge on any atom is -0.507 e. The van der Waals surface area contributed by atoms with Crippen LogP contribution in [0.25, 0.3) is 16.5 Å². The minimum absolute atomic E-state index is 0.00617. The lowest BCUT2D eigenvalue weighted by molar-refractivity contribution is -0.140. The van der Waals surface area contributed by atoms with Crippen molar-refractivity contribution in [1.29, 1.82) is 0 Å². The monoisotopic (exact) mass is 447 g/mol. The normalized spacial score (nSPS) is 17.9. The SMILES string of the molecule is CC(C)OCCCN1C(=O)C(=O)/C(=C(\O)c2ccc3ccccc3c2)C1c1ccc(F)cc1. The Kier molecular flexibility index (Phi) is 6.56. The Balaban J connectivity index is 1.77. The molecule has 3 aromatic rings. The summed E-state index contributed by atoms with van der Waals surface area (Å²) in [4.78, 5) is 27.5. The van der Waals surface area contributed by atoms with E-state index in [1.807, 2.05) is 44.2 Å². The van der Waals surface area contributed by atoms with E-state index in [9.17, 15) is 19.1 Å². The van der Waals surface area contributed by atoms with E-state index in [-0.39, 0.29) is 24.0 Å². The van der Waals surface area contributed by atoms with Gasteiger partial charge in [0.05, 0.1) is 17.7 Å². The number of ketones is 1. The number of hydrogen-bond acceptors (Lipinski definition) is 4. The van der Waals surface area contributed by atoms with Crippen molar-refractivity contribution in [2.24, 2.45) is 0 Å². The van der Waals surface area contributed by atoms with Gasteiger partial charge in [0.15, 0.2) is 0 Å². The molecule has 1 aliphatic heterocycles. The fraction of sp³-hybridized carbons (Fsp3) is 0.259. The van der Waals surface area contributed by atoms with Gasteiger partial charge in [-0.1, -0.05) is 48.5 Å². The first-order valence-electron chi connectivity index (χ1n) is 11.0. The first kappa shape index (κ1) is 22.7. The van der Waals surface area contributed by atoms with Crippen molar-refractivity contribution in [3.05, 3.63) is 89.2 Å². The van der Waals surface area contributed by atoms with E-state index < -0.39 is 23.5 Å². The minimum atomic E-state index is -0.809. The number of amides is 1. The van der Waals surface area contributed by atoms with E-state index in [1.54, 1.807) is 12.1 Å². The Hall–Kier alpha value is -3.51. The average Bonchev–Trinajstić information content (AvgIpc) is 3.06. The predicted molar refractivity (Wildman–Crippen MR) is 125 cm³/mol. The number of ether oxygens (including phenoxy) is 1. The maximum absolute atomic E-state index is 13.6. The first-order chi connectivity index (χ1) is 15.9. The van der Waals surface area contributed by atoms with E-state index >= 15 is 0 Å². The van der Waals surface area contributed by atoms with Crippen LogP contribution in [0.3, 0.4) is 0 Å². The molecule has 1 N–H and O–H groups in total. The van der Waals surface area contributed by atoms with Gasteiger partial charge in [-0.25, -0.2) is 4.39 Å². The Labute approximate surface area is 192 Å². The van der Waals surface area contributed by atoms with Crippen LogP contribution in [0, 0.1) is 5.82 Å². The number of Topliss-reactive ketones (excluding diaryl/α,β-unsaturated/α-hetero) is 1. The maximum Gasteiger partial charge on any atom is 0.295 e. The Morgan fingerprint density at radius 3 is 2.42 bits per heavy atom. The van der Waals surface area contributed by atoms with Gasteiger partial charge >= 0.3 is 0 Å². The highest BCUT2D eigenvalue weighted by atomic mass is 19.1. The van der Waals surface area contributed by atoms with Crippen molar-refractivity contribution >= 4 is 28.2 Å². The number of carbonyl (C=O) groups excluding carboxylic acids is 2. The number of hydrogen-bond donors (Lipinski definition) is 1. The van der Waals surface area contributed by atoms with Gasteiger partial charge in [-0.15, -0.1) is 0 Å². The number of halogens is 1. The standard InChI is InChI=1S/C27H26FNO4/c1-17(2)33-15-5-14-29-24(19-10-12-22(28)13-11-19)23(26(31)27(29)32)25(30)21-9-8-18-6-3-4-7-20(18)16-21/h3-4,6-13,16-17,24,30H,5,14-15H2,1-2H3/b25-23-. The second-order valence-electron chi connectivity index (χ2n) is 8.38. The summed E-state index contributed by atoms with van der Waals surface area (Å²) < 4.78 is 19.2. The van der Waals surface area contributed by atoms with Crippen LogP contribution in [0.4, 0.5) is 4.39 Å². The summed E-state index contributed by atoms with van der Waals surface area (Å²) in [6.45, 7) is 4.55. The van der Waals surface area contributed by atoms with Crippen LogP contribution >= 0.6 is 0 Å². The van der Waals surface area contributed by atoms with E-state index in [2.05, 4.69) is 0 Å². The third kappa shape index (κ3) is 4.66. The van der Waals surface area contributed by atoms with Crippen LogP contribution in [-0.4, -0.2) is 41.0 Å². The topological polar surface area (TPSA) is 66.8 Å². The molecule has 0 aliphatic carbocycles. The summed E-state index contributed by atoms with van der Waals surface area (Å²) in [6.07, 6.45) is 0.583. The van der Waals surface area contributed by atoms with Crippen LogP contribution in [-0.2, 0) is 14.3 Å². The molecule has 6 heteroatoms. The van der Waals surface area contributed by atoms with Crippen molar-refractivity contribution in [3.8, 4) is 0 Å². The molecule has 170 valence electrons. The smallest absolute Gasteiger partial charge is 0.295 e. The van der Waals surface area contributed by atoms with Crippen molar-refractivity contribution in [2.75, 3.05) is 13.2 Å². The summed E-state index contributed by atoms with van der Waals surface area (Å²) in [5.74, 6) is -2.10. The van der Waals surface area contributed by atoms with Crippen molar-refractivity contribution in [1.82, 2.24) is 4.90 Å². The van der Waals surface area contributed by atoms with Gasteiger partial charge in [0, 0.05) is 18.7 Å². The summed E-state index contributed by atoms with van der Waals surface area (Å²) in [5, 5.41) is 13.1. The van der Waals surface area contributed by atoms with Gasteiger partial charge in [0.1, 0.15) is 11.6 Å². The van der Waals surface area contributed by atoms with Crippen LogP contribution in [0.1, 0.15) is 37.4 Å². The van der Waals surface area contributed by atoms with Crippen molar-refractivity contribution in [2.45, 2.75) is 32.4 Å². The average molecular weight is 448 g/mol. The molecule has 4 rings (SSSR count). The highest BCUT2D eigenvalue weighted by Crippen LogP contribution is 2.39. The van der Waals surface area contributed by atoms with Gasteiger partial charge in [-0.05, 0) is 54.8 Å². The zero-order valence-corrected chi connectivity index (χ0v) is 18.6. The molecular weight excluding hydrogens is 421 g/mol. The molecular formula is C27H26FNO4. The molecule has 1 unspecified atom stereocenters. The van der Waals surface area contributed by atoms with Crippen LogP contribution in [0.5, 0.6) is 0 Å². The number of benzene rings is 3. The fourth-order valence-corrected chi connectivity index (χ4v) is 4.15. The number of aliphatic hydroxyl groups excluding tert-OH is 1. The second kappa shape index (κ2) is 9.55. The summed E-state index contributed by atoms with van der Waals surface area (Å²) in [7, 11) is 0. The zero-order chi connectivity index (χ0) is 23.5. The first-order valence-corrected chi connectivity index (χ1v) is 11.0. The van der Waals surface area contributed by atoms with E-state index in [1.165, 1.54) is 29.2 Å². The quantitative estimate of drug-likeness (QED) is 0.234.